The molecule has 0 aliphatic rings. The summed E-state index contributed by atoms with van der Waals surface area (Å²) in [5, 5.41) is 0. The number of hydrogen-bond donors (Lipinski definition) is 1. The number of imidazole rings is 1. The molecule has 3 rings (SSSR count). The number of fused-ring (bicyclic) bond motifs is 1. The third kappa shape index (κ3) is 4.43. The number of para-hydroxylation sites is 1. The molecule has 5 nitrogen and oxygen atoms in total. The minimum absolute atomic E-state index is 0. The Hall–Kier alpha value is -2.22. The van der Waals surface area contributed by atoms with E-state index in [0.717, 1.165) is 28.0 Å². The Kier molecular flexibility index (Phi) is 6.98. The summed E-state index contributed by atoms with van der Waals surface area (Å²) >= 11 is 0. The summed E-state index contributed by atoms with van der Waals surface area (Å²) in [5.74, 6) is 0.486. The van der Waals surface area contributed by atoms with Gasteiger partial charge in [0, 0.05) is 24.8 Å². The van der Waals surface area contributed by atoms with E-state index in [1.807, 2.05) is 29.7 Å². The molecule has 0 spiro atoms. The fourth-order valence-corrected chi connectivity index (χ4v) is 3.73. The second kappa shape index (κ2) is 8.86. The van der Waals surface area contributed by atoms with E-state index in [1.165, 1.54) is 12.3 Å². The first-order valence-corrected chi connectivity index (χ1v) is 10.6. The summed E-state index contributed by atoms with van der Waals surface area (Å²) in [6.07, 6.45) is 3.21. The number of allylic oxidation sites excluding steroid dienone is 1. The lowest BCUT2D eigenvalue weighted by atomic mass is 10.0. The van der Waals surface area contributed by atoms with Crippen LogP contribution in [0, 0.1) is 0 Å². The average molecular weight is 424 g/mol. The van der Waals surface area contributed by atoms with Crippen LogP contribution in [-0.4, -0.2) is 30.8 Å². The number of aromatic nitrogens is 2. The van der Waals surface area contributed by atoms with Gasteiger partial charge in [-0.15, -0.1) is 12.4 Å². The second-order valence-corrected chi connectivity index (χ2v) is 8.34. The molecular formula is C20H23ClFN3O2S. The zero-order valence-corrected chi connectivity index (χ0v) is 17.4. The van der Waals surface area contributed by atoms with Crippen LogP contribution in [0.5, 0.6) is 0 Å². The third-order valence-corrected chi connectivity index (χ3v) is 5.54. The molecule has 0 radical (unpaired) electrons. The smallest absolute Gasteiger partial charge is 0.175 e. The fourth-order valence-electron chi connectivity index (χ4n) is 3.10. The highest BCUT2D eigenvalue weighted by atomic mass is 35.5. The maximum atomic E-state index is 14.1. The van der Waals surface area contributed by atoms with Gasteiger partial charge in [-0.3, -0.25) is 0 Å². The first kappa shape index (κ1) is 22.1. The molecule has 0 amide bonds. The Morgan fingerprint density at radius 3 is 2.46 bits per heavy atom. The number of benzene rings is 2. The molecule has 2 N–H and O–H groups in total. The molecule has 0 saturated carbocycles. The van der Waals surface area contributed by atoms with Gasteiger partial charge in [-0.1, -0.05) is 31.2 Å². The van der Waals surface area contributed by atoms with Crippen molar-refractivity contribution in [2.75, 3.05) is 12.8 Å². The van der Waals surface area contributed by atoms with Crippen molar-refractivity contribution in [1.82, 2.24) is 9.55 Å². The molecule has 0 atom stereocenters. The molecule has 0 saturated heterocycles. The molecular weight excluding hydrogens is 401 g/mol. The summed E-state index contributed by atoms with van der Waals surface area (Å²) in [6, 6.07) is 12.4. The molecule has 3 aromatic rings. The fraction of sp³-hybridized carbons (Fsp3) is 0.250. The van der Waals surface area contributed by atoms with Crippen LogP contribution in [0.1, 0.15) is 12.7 Å². The maximum absolute atomic E-state index is 14.1. The van der Waals surface area contributed by atoms with Crippen molar-refractivity contribution in [2.24, 2.45) is 5.73 Å². The summed E-state index contributed by atoms with van der Waals surface area (Å²) in [4.78, 5) is 4.98. The van der Waals surface area contributed by atoms with Crippen molar-refractivity contribution >= 4 is 33.3 Å². The molecule has 150 valence electrons. The predicted molar refractivity (Wildman–Crippen MR) is 113 cm³/mol. The molecule has 0 aliphatic heterocycles. The number of sulfone groups is 1. The Labute approximate surface area is 170 Å². The number of rotatable bonds is 6. The summed E-state index contributed by atoms with van der Waals surface area (Å²) < 4.78 is 39.3. The van der Waals surface area contributed by atoms with Crippen LogP contribution in [0.2, 0.25) is 0 Å². The SMILES string of the molecule is CCc1nc2c(-c3ccc(S(C)(=O)=O)cc3)cccc2n1C/C(F)=C/CN.Cl. The zero-order chi connectivity index (χ0) is 19.6. The van der Waals surface area contributed by atoms with Gasteiger partial charge >= 0.3 is 0 Å². The molecule has 0 fully saturated rings. The molecule has 1 heterocycles. The topological polar surface area (TPSA) is 78.0 Å². The number of nitrogens with two attached hydrogens (primary N) is 1. The van der Waals surface area contributed by atoms with Crippen LogP contribution in [0.3, 0.4) is 0 Å². The highest BCUT2D eigenvalue weighted by Crippen LogP contribution is 2.30. The Bertz CT molecular complexity index is 1110. The molecule has 0 unspecified atom stereocenters. The van der Waals surface area contributed by atoms with Gasteiger partial charge < -0.3 is 10.3 Å². The normalized spacial score (nSPS) is 12.2. The molecule has 0 bridgehead atoms. The lowest BCUT2D eigenvalue weighted by Crippen LogP contribution is -2.05. The van der Waals surface area contributed by atoms with E-state index in [-0.39, 0.29) is 36.2 Å². The van der Waals surface area contributed by atoms with Crippen molar-refractivity contribution in [3.8, 4) is 11.1 Å². The van der Waals surface area contributed by atoms with E-state index in [2.05, 4.69) is 0 Å². The average Bonchev–Trinajstić information content (AvgIpc) is 2.99. The molecule has 1 aromatic heterocycles. The highest BCUT2D eigenvalue weighted by Gasteiger charge is 2.15. The van der Waals surface area contributed by atoms with Crippen molar-refractivity contribution in [3.05, 3.63) is 60.2 Å². The Balaban J connectivity index is 0.00000280. The first-order valence-electron chi connectivity index (χ1n) is 8.68. The minimum Gasteiger partial charge on any atom is -0.327 e. The third-order valence-electron chi connectivity index (χ3n) is 4.42. The van der Waals surface area contributed by atoms with E-state index in [4.69, 9.17) is 10.7 Å². The highest BCUT2D eigenvalue weighted by molar-refractivity contribution is 7.90. The lowest BCUT2D eigenvalue weighted by Gasteiger charge is -2.08. The van der Waals surface area contributed by atoms with Crippen LogP contribution in [0.15, 0.2) is 59.3 Å². The summed E-state index contributed by atoms with van der Waals surface area (Å²) in [7, 11) is -3.25. The predicted octanol–water partition coefficient (Wildman–Crippen LogP) is 3.90. The van der Waals surface area contributed by atoms with Gasteiger partial charge in [0.25, 0.3) is 0 Å². The van der Waals surface area contributed by atoms with Crippen molar-refractivity contribution in [3.63, 3.8) is 0 Å². The molecule has 8 heteroatoms. The van der Waals surface area contributed by atoms with Crippen LogP contribution < -0.4 is 5.73 Å². The zero-order valence-electron chi connectivity index (χ0n) is 15.7. The molecule has 2 aromatic carbocycles. The van der Waals surface area contributed by atoms with Crippen LogP contribution in [0.4, 0.5) is 4.39 Å². The number of halogens is 2. The first-order chi connectivity index (χ1) is 12.8. The lowest BCUT2D eigenvalue weighted by molar-refractivity contribution is 0.549. The molecule has 0 aliphatic carbocycles. The van der Waals surface area contributed by atoms with Crippen molar-refractivity contribution in [2.45, 2.75) is 24.8 Å². The van der Waals surface area contributed by atoms with Crippen LogP contribution >= 0.6 is 12.4 Å². The second-order valence-electron chi connectivity index (χ2n) is 6.32. The van der Waals surface area contributed by atoms with Gasteiger partial charge in [0.05, 0.1) is 22.5 Å². The van der Waals surface area contributed by atoms with E-state index in [1.54, 1.807) is 24.3 Å². The summed E-state index contributed by atoms with van der Waals surface area (Å²) in [6.45, 7) is 2.22. The van der Waals surface area contributed by atoms with E-state index in [0.29, 0.717) is 6.42 Å². The van der Waals surface area contributed by atoms with Gasteiger partial charge in [-0.05, 0) is 29.8 Å². The molecule has 28 heavy (non-hydrogen) atoms. The van der Waals surface area contributed by atoms with Gasteiger partial charge in [-0.25, -0.2) is 17.8 Å². The number of aryl methyl sites for hydroxylation is 1. The quantitative estimate of drug-likeness (QED) is 0.652. The van der Waals surface area contributed by atoms with E-state index < -0.39 is 9.84 Å². The van der Waals surface area contributed by atoms with Gasteiger partial charge in [0.15, 0.2) is 9.84 Å². The van der Waals surface area contributed by atoms with Crippen LogP contribution in [-0.2, 0) is 22.8 Å². The van der Waals surface area contributed by atoms with Crippen LogP contribution in [0.25, 0.3) is 22.2 Å². The minimum atomic E-state index is -3.25. The largest absolute Gasteiger partial charge is 0.327 e. The van der Waals surface area contributed by atoms with E-state index in [9.17, 15) is 12.8 Å². The van der Waals surface area contributed by atoms with Gasteiger partial charge in [0.2, 0.25) is 0 Å². The van der Waals surface area contributed by atoms with Gasteiger partial charge in [0.1, 0.15) is 11.7 Å². The Morgan fingerprint density at radius 1 is 1.21 bits per heavy atom. The van der Waals surface area contributed by atoms with E-state index >= 15 is 0 Å². The number of hydrogen-bond acceptors (Lipinski definition) is 4. The number of nitrogens with zero attached hydrogens (tertiary/aromatic N) is 2. The monoisotopic (exact) mass is 423 g/mol. The maximum Gasteiger partial charge on any atom is 0.175 e. The summed E-state index contributed by atoms with van der Waals surface area (Å²) in [5.41, 5.74) is 8.74. The standard InChI is InChI=1S/C20H22FN3O2S.ClH/c1-3-19-23-20-17(14-7-9-16(10-8-14)27(2,25)26)5-4-6-18(20)24(19)13-15(21)11-12-22;/h4-11H,3,12-13,22H2,1-2H3;1H/b15-11-;. The van der Waals surface area contributed by atoms with Crippen molar-refractivity contribution in [1.29, 1.82) is 0 Å². The van der Waals surface area contributed by atoms with Gasteiger partial charge in [-0.2, -0.15) is 0 Å². The van der Waals surface area contributed by atoms with Crippen molar-refractivity contribution < 1.29 is 12.8 Å². The Morgan fingerprint density at radius 2 is 1.89 bits per heavy atom.